The molecule has 0 N–H and O–H groups in total. The van der Waals surface area contributed by atoms with Crippen LogP contribution in [0.1, 0.15) is 6.42 Å². The predicted octanol–water partition coefficient (Wildman–Crippen LogP) is 1.73. The molecule has 4 nitrogen and oxygen atoms in total. The lowest BCUT2D eigenvalue weighted by Gasteiger charge is -2.22. The van der Waals surface area contributed by atoms with Crippen LogP contribution in [0, 0.1) is 0 Å². The molecule has 1 fully saturated rings. The molecule has 0 amide bonds. The fraction of sp³-hybridized carbons (Fsp3) is 1.00. The zero-order valence-electron chi connectivity index (χ0n) is 7.31. The molecular formula is C7H14N4S. The van der Waals surface area contributed by atoms with Crippen LogP contribution in [0.5, 0.6) is 0 Å². The minimum absolute atomic E-state index is 0.591. The van der Waals surface area contributed by atoms with Crippen LogP contribution in [-0.2, 0) is 0 Å². The van der Waals surface area contributed by atoms with E-state index in [0.29, 0.717) is 12.6 Å². The smallest absolute Gasteiger partial charge is 0.0385 e. The van der Waals surface area contributed by atoms with Crippen LogP contribution < -0.4 is 0 Å². The van der Waals surface area contributed by atoms with Gasteiger partial charge < -0.3 is 4.90 Å². The Balaban J connectivity index is 2.17. The topological polar surface area (TPSA) is 52.0 Å². The van der Waals surface area contributed by atoms with Crippen LogP contribution in [0.2, 0.25) is 0 Å². The third-order valence-corrected chi connectivity index (χ3v) is 3.29. The molecular weight excluding hydrogens is 172 g/mol. The van der Waals surface area contributed by atoms with E-state index < -0.39 is 0 Å². The first-order chi connectivity index (χ1) is 5.84. The first kappa shape index (κ1) is 9.71. The summed E-state index contributed by atoms with van der Waals surface area (Å²) in [4.78, 5) is 5.01. The van der Waals surface area contributed by atoms with Gasteiger partial charge in [0, 0.05) is 29.8 Å². The molecule has 0 aliphatic carbocycles. The Hall–Kier alpha value is -0.380. The molecule has 12 heavy (non-hydrogen) atoms. The van der Waals surface area contributed by atoms with Gasteiger partial charge in [-0.25, -0.2) is 0 Å². The predicted molar refractivity (Wildman–Crippen MR) is 52.4 cm³/mol. The lowest BCUT2D eigenvalue weighted by Crippen LogP contribution is -2.33. The van der Waals surface area contributed by atoms with Crippen LogP contribution in [0.15, 0.2) is 5.11 Å². The third kappa shape index (κ3) is 2.93. The number of hydrogen-bond acceptors (Lipinski definition) is 3. The maximum atomic E-state index is 8.08. The Morgan fingerprint density at radius 2 is 2.58 bits per heavy atom. The number of likely N-dealkylation sites (N-methyl/N-ethyl adjacent to an activating group) is 1. The standard InChI is InChI=1S/C7H14N4S/c1-11(4-3-9-10-8)7-2-5-12-6-7/h7H,2-6H2,1H3. The highest BCUT2D eigenvalue weighted by atomic mass is 32.2. The van der Waals surface area contributed by atoms with E-state index in [0.717, 1.165) is 6.54 Å². The zero-order chi connectivity index (χ0) is 8.81. The molecule has 0 bridgehead atoms. The van der Waals surface area contributed by atoms with Crippen LogP contribution in [0.25, 0.3) is 10.4 Å². The number of rotatable bonds is 4. The van der Waals surface area contributed by atoms with Crippen molar-refractivity contribution < 1.29 is 0 Å². The highest BCUT2D eigenvalue weighted by molar-refractivity contribution is 7.99. The summed E-state index contributed by atoms with van der Waals surface area (Å²) in [6.45, 7) is 1.48. The number of azide groups is 1. The Kier molecular flexibility index (Phi) is 4.29. The van der Waals surface area contributed by atoms with Gasteiger partial charge in [0.05, 0.1) is 0 Å². The second kappa shape index (κ2) is 5.30. The number of nitrogens with zero attached hydrogens (tertiary/aromatic N) is 4. The van der Waals surface area contributed by atoms with Crippen molar-refractivity contribution in [3.05, 3.63) is 10.4 Å². The summed E-state index contributed by atoms with van der Waals surface area (Å²) in [5.41, 5.74) is 8.08. The van der Waals surface area contributed by atoms with Crippen molar-refractivity contribution in [1.82, 2.24) is 4.90 Å². The summed E-state index contributed by atoms with van der Waals surface area (Å²) in [5.74, 6) is 2.50. The monoisotopic (exact) mass is 186 g/mol. The first-order valence-corrected chi connectivity index (χ1v) is 5.29. The normalized spacial score (nSPS) is 22.7. The van der Waals surface area contributed by atoms with E-state index in [1.54, 1.807) is 0 Å². The maximum Gasteiger partial charge on any atom is 0.0385 e. The van der Waals surface area contributed by atoms with Crippen molar-refractivity contribution in [2.45, 2.75) is 12.5 Å². The van der Waals surface area contributed by atoms with Gasteiger partial charge in [-0.15, -0.1) is 0 Å². The number of thioether (sulfide) groups is 1. The summed E-state index contributed by atoms with van der Waals surface area (Å²) in [7, 11) is 2.10. The van der Waals surface area contributed by atoms with Crippen molar-refractivity contribution in [2.75, 3.05) is 31.6 Å². The summed E-state index contributed by atoms with van der Waals surface area (Å²) >= 11 is 2.00. The molecule has 0 aromatic rings. The Morgan fingerprint density at radius 3 is 3.17 bits per heavy atom. The Morgan fingerprint density at radius 1 is 1.75 bits per heavy atom. The SMILES string of the molecule is CN(CCN=[N+]=[N-])C1CCSC1. The highest BCUT2D eigenvalue weighted by Crippen LogP contribution is 2.20. The Bertz CT molecular complexity index is 172. The van der Waals surface area contributed by atoms with E-state index >= 15 is 0 Å². The fourth-order valence-corrected chi connectivity index (χ4v) is 2.60. The third-order valence-electron chi connectivity index (χ3n) is 2.14. The van der Waals surface area contributed by atoms with Gasteiger partial charge in [-0.1, -0.05) is 5.11 Å². The second-order valence-corrected chi connectivity index (χ2v) is 4.10. The van der Waals surface area contributed by atoms with E-state index in [2.05, 4.69) is 22.0 Å². The molecule has 1 aliphatic rings. The largest absolute Gasteiger partial charge is 0.302 e. The molecule has 1 aliphatic heterocycles. The van der Waals surface area contributed by atoms with Gasteiger partial charge in [0.1, 0.15) is 0 Å². The molecule has 1 atom stereocenters. The lowest BCUT2D eigenvalue weighted by molar-refractivity contribution is 0.270. The van der Waals surface area contributed by atoms with Crippen molar-refractivity contribution in [2.24, 2.45) is 5.11 Å². The molecule has 0 aromatic heterocycles. The summed E-state index contributed by atoms with van der Waals surface area (Å²) in [6, 6.07) is 0.698. The molecule has 5 heteroatoms. The van der Waals surface area contributed by atoms with Crippen molar-refractivity contribution in [3.63, 3.8) is 0 Å². The van der Waals surface area contributed by atoms with Crippen LogP contribution in [0.4, 0.5) is 0 Å². The van der Waals surface area contributed by atoms with Gasteiger partial charge in [0.15, 0.2) is 0 Å². The zero-order valence-corrected chi connectivity index (χ0v) is 8.13. The van der Waals surface area contributed by atoms with E-state index in [-0.39, 0.29) is 0 Å². The molecule has 0 saturated carbocycles. The van der Waals surface area contributed by atoms with E-state index in [4.69, 9.17) is 5.53 Å². The molecule has 1 heterocycles. The lowest BCUT2D eigenvalue weighted by atomic mass is 10.2. The highest BCUT2D eigenvalue weighted by Gasteiger charge is 2.18. The van der Waals surface area contributed by atoms with E-state index in [9.17, 15) is 0 Å². The minimum Gasteiger partial charge on any atom is -0.302 e. The van der Waals surface area contributed by atoms with Gasteiger partial charge in [0.2, 0.25) is 0 Å². The second-order valence-electron chi connectivity index (χ2n) is 2.95. The molecule has 0 spiro atoms. The van der Waals surface area contributed by atoms with Crippen molar-refractivity contribution in [1.29, 1.82) is 0 Å². The van der Waals surface area contributed by atoms with Gasteiger partial charge in [-0.3, -0.25) is 0 Å². The van der Waals surface area contributed by atoms with Crippen molar-refractivity contribution >= 4 is 11.8 Å². The average molecular weight is 186 g/mol. The summed E-state index contributed by atoms with van der Waals surface area (Å²) in [5, 5.41) is 3.52. The molecule has 0 aromatic carbocycles. The van der Waals surface area contributed by atoms with Gasteiger partial charge >= 0.3 is 0 Å². The Labute approximate surface area is 76.9 Å². The van der Waals surface area contributed by atoms with Crippen LogP contribution in [0.3, 0.4) is 0 Å². The fourth-order valence-electron chi connectivity index (χ4n) is 1.30. The van der Waals surface area contributed by atoms with Gasteiger partial charge in [0.25, 0.3) is 0 Å². The van der Waals surface area contributed by atoms with Crippen LogP contribution >= 0.6 is 11.8 Å². The summed E-state index contributed by atoms with van der Waals surface area (Å²) in [6.07, 6.45) is 1.28. The molecule has 0 radical (unpaired) electrons. The maximum absolute atomic E-state index is 8.08. The van der Waals surface area contributed by atoms with Crippen molar-refractivity contribution in [3.8, 4) is 0 Å². The summed E-state index contributed by atoms with van der Waals surface area (Å²) < 4.78 is 0. The van der Waals surface area contributed by atoms with Gasteiger partial charge in [-0.05, 0) is 24.8 Å². The molecule has 1 saturated heterocycles. The minimum atomic E-state index is 0.591. The molecule has 1 unspecified atom stereocenters. The quantitative estimate of drug-likeness (QED) is 0.381. The van der Waals surface area contributed by atoms with Crippen LogP contribution in [-0.4, -0.2) is 42.6 Å². The van der Waals surface area contributed by atoms with E-state index in [1.807, 2.05) is 11.8 Å². The first-order valence-electron chi connectivity index (χ1n) is 4.13. The number of hydrogen-bond donors (Lipinski definition) is 0. The van der Waals surface area contributed by atoms with Gasteiger partial charge in [-0.2, -0.15) is 11.8 Å². The van der Waals surface area contributed by atoms with E-state index in [1.165, 1.54) is 17.9 Å². The molecule has 1 rings (SSSR count). The molecule has 68 valence electrons. The average Bonchev–Trinajstić information content (AvgIpc) is 2.56.